The van der Waals surface area contributed by atoms with Crippen molar-refractivity contribution < 1.29 is 9.21 Å². The second-order valence-electron chi connectivity index (χ2n) is 5.74. The number of hydrogen-bond acceptors (Lipinski definition) is 7. The van der Waals surface area contributed by atoms with Crippen molar-refractivity contribution in [3.8, 4) is 0 Å². The Morgan fingerprint density at radius 1 is 1.38 bits per heavy atom. The van der Waals surface area contributed by atoms with E-state index in [1.54, 1.807) is 17.1 Å². The summed E-state index contributed by atoms with van der Waals surface area (Å²) >= 11 is 2.78. The van der Waals surface area contributed by atoms with Crippen LogP contribution in [-0.4, -0.2) is 32.7 Å². The molecule has 0 aliphatic carbocycles. The Hall–Kier alpha value is -2.19. The number of aromatic nitrogens is 2. The SMILES string of the molecule is C=CCN1C(=O)/C(=C\c2ccc(C)o2)SC1=Nc1nnc(CCCC)s1. The van der Waals surface area contributed by atoms with E-state index < -0.39 is 0 Å². The summed E-state index contributed by atoms with van der Waals surface area (Å²) in [6.45, 7) is 8.13. The van der Waals surface area contributed by atoms with Crippen molar-refractivity contribution in [3.05, 3.63) is 46.2 Å². The lowest BCUT2D eigenvalue weighted by molar-refractivity contribution is -0.121. The quantitative estimate of drug-likeness (QED) is 0.513. The van der Waals surface area contributed by atoms with E-state index >= 15 is 0 Å². The lowest BCUT2D eigenvalue weighted by atomic mass is 10.3. The lowest BCUT2D eigenvalue weighted by Gasteiger charge is -2.11. The van der Waals surface area contributed by atoms with Crippen LogP contribution in [-0.2, 0) is 11.2 Å². The average Bonchev–Trinajstić information content (AvgIpc) is 3.31. The van der Waals surface area contributed by atoms with Crippen molar-refractivity contribution in [2.24, 2.45) is 4.99 Å². The maximum atomic E-state index is 12.7. The van der Waals surface area contributed by atoms with Crippen LogP contribution in [0, 0.1) is 6.92 Å². The smallest absolute Gasteiger partial charge is 0.267 e. The number of furan rings is 1. The molecule has 0 saturated carbocycles. The molecule has 26 heavy (non-hydrogen) atoms. The molecule has 0 unspecified atom stereocenters. The van der Waals surface area contributed by atoms with Crippen LogP contribution in [0.5, 0.6) is 0 Å². The van der Waals surface area contributed by atoms with Crippen LogP contribution in [0.2, 0.25) is 0 Å². The summed E-state index contributed by atoms with van der Waals surface area (Å²) in [5.41, 5.74) is 0. The van der Waals surface area contributed by atoms with Crippen molar-refractivity contribution in [2.75, 3.05) is 6.54 Å². The first-order valence-electron chi connectivity index (χ1n) is 8.40. The fraction of sp³-hybridized carbons (Fsp3) is 0.333. The van der Waals surface area contributed by atoms with E-state index in [2.05, 4.69) is 28.7 Å². The predicted molar refractivity (Wildman–Crippen MR) is 107 cm³/mol. The number of carbonyl (C=O) groups is 1. The van der Waals surface area contributed by atoms with Gasteiger partial charge < -0.3 is 4.42 Å². The molecule has 0 atom stereocenters. The molecule has 2 aromatic rings. The summed E-state index contributed by atoms with van der Waals surface area (Å²) in [6.07, 6.45) is 6.52. The van der Waals surface area contributed by atoms with Crippen LogP contribution in [0.3, 0.4) is 0 Å². The third kappa shape index (κ3) is 4.31. The Morgan fingerprint density at radius 3 is 2.92 bits per heavy atom. The van der Waals surface area contributed by atoms with Gasteiger partial charge in [-0.25, -0.2) is 0 Å². The third-order valence-corrected chi connectivity index (χ3v) is 5.51. The zero-order chi connectivity index (χ0) is 18.5. The largest absolute Gasteiger partial charge is 0.462 e. The molecule has 6 nitrogen and oxygen atoms in total. The van der Waals surface area contributed by atoms with Crippen LogP contribution in [0.25, 0.3) is 6.08 Å². The number of carbonyl (C=O) groups excluding carboxylic acids is 1. The van der Waals surface area contributed by atoms with E-state index in [1.165, 1.54) is 23.1 Å². The number of hydrogen-bond donors (Lipinski definition) is 0. The van der Waals surface area contributed by atoms with Crippen LogP contribution >= 0.6 is 23.1 Å². The van der Waals surface area contributed by atoms with Crippen LogP contribution in [0.1, 0.15) is 36.3 Å². The molecular formula is C18H20N4O2S2. The van der Waals surface area contributed by atoms with E-state index in [4.69, 9.17) is 4.42 Å². The van der Waals surface area contributed by atoms with Gasteiger partial charge in [0.2, 0.25) is 5.13 Å². The van der Waals surface area contributed by atoms with Gasteiger partial charge in [0.25, 0.3) is 5.91 Å². The van der Waals surface area contributed by atoms with Gasteiger partial charge in [-0.1, -0.05) is 30.8 Å². The Bertz CT molecular complexity index is 866. The number of aliphatic imine (C=N–C) groups is 1. The maximum Gasteiger partial charge on any atom is 0.267 e. The van der Waals surface area contributed by atoms with Gasteiger partial charge in [-0.15, -0.1) is 16.8 Å². The second-order valence-corrected chi connectivity index (χ2v) is 7.79. The molecule has 1 aliphatic heterocycles. The number of aryl methyl sites for hydroxylation is 2. The second kappa shape index (κ2) is 8.46. The number of unbranched alkanes of at least 4 members (excludes halogenated alkanes) is 1. The minimum absolute atomic E-state index is 0.113. The zero-order valence-electron chi connectivity index (χ0n) is 14.8. The van der Waals surface area contributed by atoms with Crippen molar-refractivity contribution in [1.29, 1.82) is 0 Å². The molecule has 1 aliphatic rings. The Balaban J connectivity index is 1.85. The predicted octanol–water partition coefficient (Wildman–Crippen LogP) is 4.57. The topological polar surface area (TPSA) is 71.6 Å². The number of amides is 1. The summed E-state index contributed by atoms with van der Waals surface area (Å²) in [5, 5.41) is 10.4. The van der Waals surface area contributed by atoms with Crippen LogP contribution in [0.4, 0.5) is 5.13 Å². The molecule has 8 heteroatoms. The average molecular weight is 389 g/mol. The highest BCUT2D eigenvalue weighted by molar-refractivity contribution is 8.18. The van der Waals surface area contributed by atoms with Gasteiger partial charge in [-0.3, -0.25) is 9.69 Å². The highest BCUT2D eigenvalue weighted by Crippen LogP contribution is 2.35. The normalized spacial score (nSPS) is 17.6. The summed E-state index contributed by atoms with van der Waals surface area (Å²) in [5.74, 6) is 1.34. The molecular weight excluding hydrogens is 368 g/mol. The number of rotatable bonds is 7. The van der Waals surface area contributed by atoms with Crippen molar-refractivity contribution >= 4 is 45.4 Å². The number of nitrogens with zero attached hydrogens (tertiary/aromatic N) is 4. The van der Waals surface area contributed by atoms with E-state index in [0.717, 1.165) is 30.0 Å². The molecule has 1 fully saturated rings. The summed E-state index contributed by atoms with van der Waals surface area (Å²) in [7, 11) is 0. The van der Waals surface area contributed by atoms with Gasteiger partial charge in [0.05, 0.1) is 4.91 Å². The van der Waals surface area contributed by atoms with Gasteiger partial charge in [-0.05, 0) is 37.2 Å². The Morgan fingerprint density at radius 2 is 2.23 bits per heavy atom. The summed E-state index contributed by atoms with van der Waals surface area (Å²) < 4.78 is 5.54. The fourth-order valence-electron chi connectivity index (χ4n) is 2.34. The molecule has 3 heterocycles. The Labute approximate surface area is 160 Å². The standard InChI is InChI=1S/C18H20N4O2S2/c1-4-6-7-15-20-21-17(26-15)19-18-22(10-5-2)16(23)14(25-18)11-13-9-8-12(3)24-13/h5,8-9,11H,2,4,6-7,10H2,1,3H3/b14-11+,19-18?. The first kappa shape index (κ1) is 18.6. The first-order chi connectivity index (χ1) is 12.6. The molecule has 2 aromatic heterocycles. The molecule has 3 rings (SSSR count). The molecule has 0 aromatic carbocycles. The molecule has 1 saturated heterocycles. The van der Waals surface area contributed by atoms with Gasteiger partial charge >= 0.3 is 0 Å². The minimum Gasteiger partial charge on any atom is -0.462 e. The van der Waals surface area contributed by atoms with E-state index in [0.29, 0.717) is 27.5 Å². The van der Waals surface area contributed by atoms with Crippen LogP contribution < -0.4 is 0 Å². The van der Waals surface area contributed by atoms with Crippen molar-refractivity contribution in [2.45, 2.75) is 33.1 Å². The van der Waals surface area contributed by atoms with Gasteiger partial charge in [0.15, 0.2) is 5.17 Å². The maximum absolute atomic E-state index is 12.7. The zero-order valence-corrected chi connectivity index (χ0v) is 16.4. The number of thioether (sulfide) groups is 1. The van der Waals surface area contributed by atoms with Gasteiger partial charge in [0, 0.05) is 19.0 Å². The van der Waals surface area contributed by atoms with E-state index in [1.807, 2.05) is 19.1 Å². The molecule has 136 valence electrons. The molecule has 0 spiro atoms. The van der Waals surface area contributed by atoms with Crippen molar-refractivity contribution in [3.63, 3.8) is 0 Å². The van der Waals surface area contributed by atoms with E-state index in [9.17, 15) is 4.79 Å². The van der Waals surface area contributed by atoms with Gasteiger partial charge in [0.1, 0.15) is 16.5 Å². The number of amidine groups is 1. The van der Waals surface area contributed by atoms with Crippen molar-refractivity contribution in [1.82, 2.24) is 15.1 Å². The summed E-state index contributed by atoms with van der Waals surface area (Å²) in [4.78, 5) is 19.4. The third-order valence-electron chi connectivity index (χ3n) is 3.63. The first-order valence-corrected chi connectivity index (χ1v) is 10.0. The Kier molecular flexibility index (Phi) is 6.05. The molecule has 0 N–H and O–H groups in total. The minimum atomic E-state index is -0.113. The van der Waals surface area contributed by atoms with Gasteiger partial charge in [-0.2, -0.15) is 4.99 Å². The highest BCUT2D eigenvalue weighted by atomic mass is 32.2. The molecule has 0 radical (unpaired) electrons. The fourth-order valence-corrected chi connectivity index (χ4v) is 4.12. The monoisotopic (exact) mass is 388 g/mol. The highest BCUT2D eigenvalue weighted by Gasteiger charge is 2.33. The molecule has 1 amide bonds. The lowest BCUT2D eigenvalue weighted by Crippen LogP contribution is -2.29. The summed E-state index contributed by atoms with van der Waals surface area (Å²) in [6, 6.07) is 3.71. The van der Waals surface area contributed by atoms with Crippen LogP contribution in [0.15, 0.2) is 39.1 Å². The molecule has 0 bridgehead atoms. The van der Waals surface area contributed by atoms with E-state index in [-0.39, 0.29) is 5.91 Å².